The second kappa shape index (κ2) is 9.47. The summed E-state index contributed by atoms with van der Waals surface area (Å²) < 4.78 is 54.3. The molecule has 1 aromatic rings. The molecule has 1 aromatic carbocycles. The first-order valence-corrected chi connectivity index (χ1v) is 10.4. The van der Waals surface area contributed by atoms with Crippen LogP contribution in [0.25, 0.3) is 0 Å². The zero-order chi connectivity index (χ0) is 17.4. The van der Waals surface area contributed by atoms with Crippen LogP contribution in [-0.4, -0.2) is 14.5 Å². The van der Waals surface area contributed by atoms with Gasteiger partial charge in [-0.15, -0.1) is 0 Å². The molecule has 0 amide bonds. The summed E-state index contributed by atoms with van der Waals surface area (Å²) in [5.74, 6) is -1.83. The molecule has 0 aliphatic heterocycles. The van der Waals surface area contributed by atoms with Crippen molar-refractivity contribution in [1.82, 2.24) is 4.72 Å². The summed E-state index contributed by atoms with van der Waals surface area (Å²) in [4.78, 5) is -0.477. The van der Waals surface area contributed by atoms with Crippen molar-refractivity contribution in [3.8, 4) is 0 Å². The zero-order valence-corrected chi connectivity index (χ0v) is 14.9. The third-order valence-corrected chi connectivity index (χ3v) is 6.16. The Morgan fingerprint density at radius 2 is 1.33 bits per heavy atom. The van der Waals surface area contributed by atoms with Gasteiger partial charge in [-0.3, -0.25) is 0 Å². The molecular weight excluding hydrogens is 332 g/mol. The van der Waals surface area contributed by atoms with Crippen molar-refractivity contribution >= 4 is 10.0 Å². The van der Waals surface area contributed by atoms with Crippen LogP contribution < -0.4 is 4.72 Å². The molecule has 0 spiro atoms. The standard InChI is InChI=1S/C18H27F2NO2S/c19-15-12-13-18(17(20)14-15)24(22,23)21-16-10-8-6-4-2-1-3-5-7-9-11-16/h12-14,16,21H,1-11H2. The van der Waals surface area contributed by atoms with Gasteiger partial charge >= 0.3 is 0 Å². The third kappa shape index (κ3) is 6.13. The fourth-order valence-electron chi connectivity index (χ4n) is 3.26. The Morgan fingerprint density at radius 3 is 1.83 bits per heavy atom. The van der Waals surface area contributed by atoms with Gasteiger partial charge in [0.25, 0.3) is 0 Å². The largest absolute Gasteiger partial charge is 0.243 e. The maximum Gasteiger partial charge on any atom is 0.243 e. The fourth-order valence-corrected chi connectivity index (χ4v) is 4.62. The van der Waals surface area contributed by atoms with E-state index in [1.54, 1.807) is 0 Å². The van der Waals surface area contributed by atoms with Gasteiger partial charge in [-0.05, 0) is 25.0 Å². The molecule has 1 aliphatic carbocycles. The topological polar surface area (TPSA) is 46.2 Å². The minimum Gasteiger partial charge on any atom is -0.208 e. The van der Waals surface area contributed by atoms with Crippen LogP contribution in [0.15, 0.2) is 23.1 Å². The molecule has 0 aromatic heterocycles. The highest BCUT2D eigenvalue weighted by Crippen LogP contribution is 2.20. The number of rotatable bonds is 3. The summed E-state index contributed by atoms with van der Waals surface area (Å²) >= 11 is 0. The molecule has 0 unspecified atom stereocenters. The number of sulfonamides is 1. The molecule has 1 N–H and O–H groups in total. The molecule has 2 rings (SSSR count). The lowest BCUT2D eigenvalue weighted by Crippen LogP contribution is -2.35. The summed E-state index contributed by atoms with van der Waals surface area (Å²) in [5, 5.41) is 0. The molecule has 0 saturated heterocycles. The van der Waals surface area contributed by atoms with E-state index in [0.717, 1.165) is 50.7 Å². The maximum atomic E-state index is 13.8. The van der Waals surface area contributed by atoms with E-state index < -0.39 is 26.6 Å². The molecule has 3 nitrogen and oxygen atoms in total. The molecule has 0 bridgehead atoms. The summed E-state index contributed by atoms with van der Waals surface area (Å²) in [6, 6.07) is 2.38. The Morgan fingerprint density at radius 1 is 0.833 bits per heavy atom. The van der Waals surface area contributed by atoms with Crippen LogP contribution in [0.1, 0.15) is 70.6 Å². The monoisotopic (exact) mass is 359 g/mol. The van der Waals surface area contributed by atoms with Crippen molar-refractivity contribution in [3.05, 3.63) is 29.8 Å². The van der Waals surface area contributed by atoms with Gasteiger partial charge in [0.1, 0.15) is 16.5 Å². The second-order valence-corrected chi connectivity index (χ2v) is 8.33. The third-order valence-electron chi connectivity index (χ3n) is 4.61. The lowest BCUT2D eigenvalue weighted by atomic mass is 9.98. The summed E-state index contributed by atoms with van der Waals surface area (Å²) in [6.07, 6.45) is 11.8. The van der Waals surface area contributed by atoms with Gasteiger partial charge in [0.15, 0.2) is 0 Å². The number of benzene rings is 1. The maximum absolute atomic E-state index is 13.8. The Bertz CT molecular complexity index is 607. The van der Waals surface area contributed by atoms with E-state index in [4.69, 9.17) is 0 Å². The average Bonchev–Trinajstić information content (AvgIpc) is 2.49. The summed E-state index contributed by atoms with van der Waals surface area (Å²) in [6.45, 7) is 0. The lowest BCUT2D eigenvalue weighted by molar-refractivity contribution is 0.438. The molecular formula is C18H27F2NO2S. The summed E-state index contributed by atoms with van der Waals surface area (Å²) in [5.41, 5.74) is 0. The lowest BCUT2D eigenvalue weighted by Gasteiger charge is -2.19. The highest BCUT2D eigenvalue weighted by Gasteiger charge is 2.23. The number of nitrogens with one attached hydrogen (secondary N) is 1. The Balaban J connectivity index is 2.03. The number of hydrogen-bond acceptors (Lipinski definition) is 2. The molecule has 0 radical (unpaired) electrons. The van der Waals surface area contributed by atoms with Gasteiger partial charge in [0.2, 0.25) is 10.0 Å². The van der Waals surface area contributed by atoms with E-state index in [9.17, 15) is 17.2 Å². The van der Waals surface area contributed by atoms with Crippen LogP contribution in [0.3, 0.4) is 0 Å². The van der Waals surface area contributed by atoms with Gasteiger partial charge in [0.05, 0.1) is 0 Å². The second-order valence-electron chi connectivity index (χ2n) is 6.65. The SMILES string of the molecule is O=S(=O)(NC1CCCCCCCCCCC1)c1ccc(F)cc1F. The zero-order valence-electron chi connectivity index (χ0n) is 14.1. The van der Waals surface area contributed by atoms with Gasteiger partial charge in [-0.2, -0.15) is 0 Å². The molecule has 1 fully saturated rings. The van der Waals surface area contributed by atoms with Crippen molar-refractivity contribution < 1.29 is 17.2 Å². The van der Waals surface area contributed by atoms with Crippen molar-refractivity contribution in [2.24, 2.45) is 0 Å². The molecule has 24 heavy (non-hydrogen) atoms. The van der Waals surface area contributed by atoms with E-state index >= 15 is 0 Å². The van der Waals surface area contributed by atoms with Gasteiger partial charge in [-0.1, -0.05) is 57.8 Å². The minimum atomic E-state index is -3.96. The first-order chi connectivity index (χ1) is 11.5. The van der Waals surface area contributed by atoms with E-state index in [1.807, 2.05) is 0 Å². The van der Waals surface area contributed by atoms with Crippen LogP contribution >= 0.6 is 0 Å². The van der Waals surface area contributed by atoms with Crippen molar-refractivity contribution in [2.75, 3.05) is 0 Å². The number of hydrogen-bond donors (Lipinski definition) is 1. The van der Waals surface area contributed by atoms with Gasteiger partial charge in [0, 0.05) is 12.1 Å². The first-order valence-electron chi connectivity index (χ1n) is 8.96. The minimum absolute atomic E-state index is 0.182. The fraction of sp³-hybridized carbons (Fsp3) is 0.667. The molecule has 6 heteroatoms. The highest BCUT2D eigenvalue weighted by molar-refractivity contribution is 7.89. The van der Waals surface area contributed by atoms with Crippen LogP contribution in [0, 0.1) is 11.6 Å². The molecule has 1 aliphatic rings. The van der Waals surface area contributed by atoms with E-state index in [0.29, 0.717) is 6.07 Å². The Hall–Kier alpha value is -1.01. The van der Waals surface area contributed by atoms with Gasteiger partial charge < -0.3 is 0 Å². The van der Waals surface area contributed by atoms with Crippen LogP contribution in [0.5, 0.6) is 0 Å². The van der Waals surface area contributed by atoms with Crippen LogP contribution in [0.2, 0.25) is 0 Å². The molecule has 1 saturated carbocycles. The summed E-state index contributed by atoms with van der Waals surface area (Å²) in [7, 11) is -3.96. The van der Waals surface area contributed by atoms with E-state index in [2.05, 4.69) is 4.72 Å². The van der Waals surface area contributed by atoms with E-state index in [-0.39, 0.29) is 6.04 Å². The predicted octanol–water partition coefficient (Wildman–Crippen LogP) is 4.92. The van der Waals surface area contributed by atoms with Crippen molar-refractivity contribution in [3.63, 3.8) is 0 Å². The quantitative estimate of drug-likeness (QED) is 0.833. The van der Waals surface area contributed by atoms with Crippen LogP contribution in [0.4, 0.5) is 8.78 Å². The molecule has 136 valence electrons. The predicted molar refractivity (Wildman–Crippen MR) is 91.3 cm³/mol. The highest BCUT2D eigenvalue weighted by atomic mass is 32.2. The van der Waals surface area contributed by atoms with E-state index in [1.165, 1.54) is 32.1 Å². The Labute approximate surface area is 143 Å². The Kier molecular flexibility index (Phi) is 7.62. The number of halogens is 2. The first kappa shape index (κ1) is 19.3. The van der Waals surface area contributed by atoms with Crippen molar-refractivity contribution in [1.29, 1.82) is 0 Å². The molecule has 0 atom stereocenters. The smallest absolute Gasteiger partial charge is 0.208 e. The van der Waals surface area contributed by atoms with Gasteiger partial charge in [-0.25, -0.2) is 21.9 Å². The van der Waals surface area contributed by atoms with Crippen LogP contribution in [-0.2, 0) is 10.0 Å². The molecule has 0 heterocycles. The van der Waals surface area contributed by atoms with Crippen molar-refractivity contribution in [2.45, 2.75) is 81.6 Å². The normalized spacial score (nSPS) is 19.4. The average molecular weight is 359 g/mol.